The van der Waals surface area contributed by atoms with Crippen molar-refractivity contribution in [3.05, 3.63) is 12.2 Å². The van der Waals surface area contributed by atoms with E-state index in [1.165, 1.54) is 0 Å². The van der Waals surface area contributed by atoms with Crippen molar-refractivity contribution in [1.82, 2.24) is 9.80 Å². The van der Waals surface area contributed by atoms with Crippen molar-refractivity contribution >= 4 is 11.9 Å². The number of aliphatic carboxylic acids is 1. The highest BCUT2D eigenvalue weighted by Crippen LogP contribution is 1.97. The standard InChI is InChI=1S/C11H20N2O3/c1-9(2)11(16)13(4)7-5-6-12(3)8-10(14)15/h1,5-8H2,2-4H3,(H,14,15). The fourth-order valence-electron chi connectivity index (χ4n) is 1.32. The molecule has 0 aromatic heterocycles. The predicted octanol–water partition coefficient (Wildman–Crippen LogP) is 0.427. The molecule has 0 saturated carbocycles. The quantitative estimate of drug-likeness (QED) is 0.642. The monoisotopic (exact) mass is 228 g/mol. The number of rotatable bonds is 7. The van der Waals surface area contributed by atoms with E-state index in [1.807, 2.05) is 0 Å². The summed E-state index contributed by atoms with van der Waals surface area (Å²) in [5.41, 5.74) is 0.515. The molecule has 0 rings (SSSR count). The van der Waals surface area contributed by atoms with E-state index in [-0.39, 0.29) is 12.5 Å². The van der Waals surface area contributed by atoms with Crippen LogP contribution in [0.25, 0.3) is 0 Å². The molecule has 92 valence electrons. The summed E-state index contributed by atoms with van der Waals surface area (Å²) < 4.78 is 0. The topological polar surface area (TPSA) is 60.9 Å². The van der Waals surface area contributed by atoms with Crippen LogP contribution in [0, 0.1) is 0 Å². The molecule has 1 N–H and O–H groups in total. The van der Waals surface area contributed by atoms with E-state index in [2.05, 4.69) is 6.58 Å². The second kappa shape index (κ2) is 7.00. The lowest BCUT2D eigenvalue weighted by Crippen LogP contribution is -2.32. The minimum atomic E-state index is -0.839. The maximum absolute atomic E-state index is 11.4. The second-order valence-corrected chi connectivity index (χ2v) is 3.99. The molecule has 5 nitrogen and oxygen atoms in total. The van der Waals surface area contributed by atoms with Gasteiger partial charge in [0.1, 0.15) is 0 Å². The average molecular weight is 228 g/mol. The number of carboxylic acid groups (broad SMARTS) is 1. The average Bonchev–Trinajstić information content (AvgIpc) is 2.14. The molecule has 0 spiro atoms. The van der Waals surface area contributed by atoms with Gasteiger partial charge in [-0.1, -0.05) is 6.58 Å². The van der Waals surface area contributed by atoms with Gasteiger partial charge in [0.25, 0.3) is 0 Å². The van der Waals surface area contributed by atoms with Crippen molar-refractivity contribution in [2.24, 2.45) is 0 Å². The highest BCUT2D eigenvalue weighted by Gasteiger charge is 2.09. The first-order valence-corrected chi connectivity index (χ1v) is 5.16. The molecule has 0 atom stereocenters. The highest BCUT2D eigenvalue weighted by molar-refractivity contribution is 5.91. The summed E-state index contributed by atoms with van der Waals surface area (Å²) in [7, 11) is 3.46. The Labute approximate surface area is 96.3 Å². The van der Waals surface area contributed by atoms with E-state index in [0.717, 1.165) is 6.42 Å². The third-order valence-electron chi connectivity index (χ3n) is 2.15. The Kier molecular flexibility index (Phi) is 6.41. The zero-order valence-corrected chi connectivity index (χ0v) is 10.2. The van der Waals surface area contributed by atoms with Gasteiger partial charge in [-0.05, 0) is 20.4 Å². The zero-order valence-electron chi connectivity index (χ0n) is 10.2. The lowest BCUT2D eigenvalue weighted by molar-refractivity contribution is -0.138. The van der Waals surface area contributed by atoms with Gasteiger partial charge in [-0.15, -0.1) is 0 Å². The highest BCUT2D eigenvalue weighted by atomic mass is 16.4. The van der Waals surface area contributed by atoms with Gasteiger partial charge in [-0.2, -0.15) is 0 Å². The molecule has 0 fully saturated rings. The van der Waals surface area contributed by atoms with Crippen LogP contribution in [-0.2, 0) is 9.59 Å². The van der Waals surface area contributed by atoms with E-state index in [1.54, 1.807) is 30.8 Å². The lowest BCUT2D eigenvalue weighted by Gasteiger charge is -2.19. The Bertz CT molecular complexity index is 276. The van der Waals surface area contributed by atoms with Crippen molar-refractivity contribution in [3.63, 3.8) is 0 Å². The summed E-state index contributed by atoms with van der Waals surface area (Å²) in [5, 5.41) is 8.54. The van der Waals surface area contributed by atoms with E-state index in [9.17, 15) is 9.59 Å². The molecule has 0 bridgehead atoms. The number of likely N-dealkylation sites (N-methyl/N-ethyl adjacent to an activating group) is 2. The zero-order chi connectivity index (χ0) is 12.7. The van der Waals surface area contributed by atoms with E-state index in [0.29, 0.717) is 18.7 Å². The van der Waals surface area contributed by atoms with Crippen molar-refractivity contribution in [1.29, 1.82) is 0 Å². The number of hydrogen-bond acceptors (Lipinski definition) is 3. The molecule has 0 unspecified atom stereocenters. The molecule has 0 heterocycles. The molecule has 0 radical (unpaired) electrons. The maximum Gasteiger partial charge on any atom is 0.317 e. The number of carboxylic acids is 1. The maximum atomic E-state index is 11.4. The summed E-state index contributed by atoms with van der Waals surface area (Å²) in [6, 6.07) is 0. The van der Waals surface area contributed by atoms with Crippen LogP contribution in [0.2, 0.25) is 0 Å². The van der Waals surface area contributed by atoms with Crippen LogP contribution in [0.5, 0.6) is 0 Å². The fourth-order valence-corrected chi connectivity index (χ4v) is 1.32. The second-order valence-electron chi connectivity index (χ2n) is 3.99. The summed E-state index contributed by atoms with van der Waals surface area (Å²) in [4.78, 5) is 25.1. The van der Waals surface area contributed by atoms with Gasteiger partial charge in [0.05, 0.1) is 6.54 Å². The minimum Gasteiger partial charge on any atom is -0.480 e. The molecule has 5 heteroatoms. The number of carbonyl (C=O) groups is 2. The van der Waals surface area contributed by atoms with Gasteiger partial charge in [-0.3, -0.25) is 14.5 Å². The van der Waals surface area contributed by atoms with Crippen molar-refractivity contribution < 1.29 is 14.7 Å². The molecular formula is C11H20N2O3. The van der Waals surface area contributed by atoms with Crippen LogP contribution in [0.15, 0.2) is 12.2 Å². The third kappa shape index (κ3) is 6.19. The van der Waals surface area contributed by atoms with Gasteiger partial charge < -0.3 is 10.0 Å². The summed E-state index contributed by atoms with van der Waals surface area (Å²) >= 11 is 0. The Morgan fingerprint density at radius 3 is 2.25 bits per heavy atom. The van der Waals surface area contributed by atoms with Crippen LogP contribution < -0.4 is 0 Å². The van der Waals surface area contributed by atoms with Gasteiger partial charge in [0.15, 0.2) is 0 Å². The molecule has 0 aliphatic rings. The van der Waals surface area contributed by atoms with Crippen LogP contribution >= 0.6 is 0 Å². The van der Waals surface area contributed by atoms with Crippen molar-refractivity contribution in [3.8, 4) is 0 Å². The fraction of sp³-hybridized carbons (Fsp3) is 0.636. The normalized spacial score (nSPS) is 10.2. The molecule has 0 saturated heterocycles. The largest absolute Gasteiger partial charge is 0.480 e. The van der Waals surface area contributed by atoms with Crippen LogP contribution in [0.1, 0.15) is 13.3 Å². The Balaban J connectivity index is 3.77. The van der Waals surface area contributed by atoms with E-state index < -0.39 is 5.97 Å². The SMILES string of the molecule is C=C(C)C(=O)N(C)CCCN(C)CC(=O)O. The first-order valence-electron chi connectivity index (χ1n) is 5.16. The molecule has 0 aromatic carbocycles. The van der Waals surface area contributed by atoms with E-state index >= 15 is 0 Å². The van der Waals surface area contributed by atoms with Gasteiger partial charge in [-0.25, -0.2) is 0 Å². The summed E-state index contributed by atoms with van der Waals surface area (Å²) in [5.74, 6) is -0.908. The van der Waals surface area contributed by atoms with Gasteiger partial charge in [0.2, 0.25) is 5.91 Å². The predicted molar refractivity (Wildman–Crippen MR) is 62.2 cm³/mol. The molecule has 16 heavy (non-hydrogen) atoms. The van der Waals surface area contributed by atoms with Gasteiger partial charge >= 0.3 is 5.97 Å². The number of carbonyl (C=O) groups excluding carboxylic acids is 1. The Morgan fingerprint density at radius 1 is 1.25 bits per heavy atom. The number of amides is 1. The minimum absolute atomic E-state index is 0.0259. The Morgan fingerprint density at radius 2 is 1.81 bits per heavy atom. The van der Waals surface area contributed by atoms with Crippen molar-refractivity contribution in [2.45, 2.75) is 13.3 Å². The smallest absolute Gasteiger partial charge is 0.317 e. The Hall–Kier alpha value is -1.36. The summed E-state index contributed by atoms with van der Waals surface area (Å²) in [6.07, 6.45) is 0.749. The van der Waals surface area contributed by atoms with Crippen LogP contribution in [0.3, 0.4) is 0 Å². The number of nitrogens with zero attached hydrogens (tertiary/aromatic N) is 2. The van der Waals surface area contributed by atoms with E-state index in [4.69, 9.17) is 5.11 Å². The van der Waals surface area contributed by atoms with Crippen molar-refractivity contribution in [2.75, 3.05) is 33.7 Å². The third-order valence-corrected chi connectivity index (χ3v) is 2.15. The van der Waals surface area contributed by atoms with Crippen LogP contribution in [-0.4, -0.2) is 60.5 Å². The molecular weight excluding hydrogens is 208 g/mol. The molecule has 0 aliphatic heterocycles. The lowest BCUT2D eigenvalue weighted by atomic mass is 10.3. The molecule has 1 amide bonds. The van der Waals surface area contributed by atoms with Gasteiger partial charge in [0, 0.05) is 25.7 Å². The van der Waals surface area contributed by atoms with Crippen LogP contribution in [0.4, 0.5) is 0 Å². The molecule has 0 aliphatic carbocycles. The first kappa shape index (κ1) is 14.6. The number of hydrogen-bond donors (Lipinski definition) is 1. The summed E-state index contributed by atoms with van der Waals surface area (Å²) in [6.45, 7) is 6.54. The first-order chi connectivity index (χ1) is 7.34. The molecule has 0 aromatic rings.